The molecule has 0 unspecified atom stereocenters. The summed E-state index contributed by atoms with van der Waals surface area (Å²) in [5.74, 6) is 0.745. The zero-order valence-corrected chi connectivity index (χ0v) is 10.5. The largest absolute Gasteiger partial charge is 0.416 e. The molecule has 0 aliphatic rings. The maximum Gasteiger partial charge on any atom is 0.416 e. The number of nitrogens with zero attached hydrogens (tertiary/aromatic N) is 2. The van der Waals surface area contributed by atoms with Crippen LogP contribution in [0.1, 0.15) is 22.6 Å². The standard InChI is InChI=1S/C13H11F3N4/c1-8-18-6-11(20-8)7-19-12-3-2-10(13(14,15)16)4-9(12)5-17/h2-4,6,19H,7H2,1H3,(H,18,20). The van der Waals surface area contributed by atoms with E-state index in [0.29, 0.717) is 12.2 Å². The molecular weight excluding hydrogens is 269 g/mol. The van der Waals surface area contributed by atoms with Crippen molar-refractivity contribution in [2.75, 3.05) is 5.32 Å². The molecule has 0 bridgehead atoms. The SMILES string of the molecule is Cc1ncc(CNc2ccc(C(F)(F)F)cc2C#N)[nH]1. The van der Waals surface area contributed by atoms with Gasteiger partial charge in [0.25, 0.3) is 0 Å². The highest BCUT2D eigenvalue weighted by Gasteiger charge is 2.31. The summed E-state index contributed by atoms with van der Waals surface area (Å²) >= 11 is 0. The van der Waals surface area contributed by atoms with Crippen molar-refractivity contribution in [1.82, 2.24) is 9.97 Å². The molecule has 1 heterocycles. The Bertz CT molecular complexity index is 652. The topological polar surface area (TPSA) is 64.5 Å². The molecule has 0 atom stereocenters. The monoisotopic (exact) mass is 280 g/mol. The highest BCUT2D eigenvalue weighted by molar-refractivity contribution is 5.59. The minimum absolute atomic E-state index is 0.0453. The van der Waals surface area contributed by atoms with Crippen LogP contribution in [-0.2, 0) is 12.7 Å². The molecule has 0 aliphatic carbocycles. The number of nitrogens with one attached hydrogen (secondary N) is 2. The number of H-pyrrole nitrogens is 1. The maximum absolute atomic E-state index is 12.5. The minimum atomic E-state index is -4.45. The quantitative estimate of drug-likeness (QED) is 0.907. The van der Waals surface area contributed by atoms with Crippen molar-refractivity contribution >= 4 is 5.69 Å². The van der Waals surface area contributed by atoms with E-state index in [1.807, 2.05) is 0 Å². The number of hydrogen-bond acceptors (Lipinski definition) is 3. The van der Waals surface area contributed by atoms with Crippen LogP contribution in [0.2, 0.25) is 0 Å². The van der Waals surface area contributed by atoms with Crippen LogP contribution in [0.15, 0.2) is 24.4 Å². The Hall–Kier alpha value is -2.49. The van der Waals surface area contributed by atoms with Crippen molar-refractivity contribution < 1.29 is 13.2 Å². The second kappa shape index (κ2) is 5.25. The summed E-state index contributed by atoms with van der Waals surface area (Å²) in [6, 6.07) is 4.80. The van der Waals surface area contributed by atoms with Crippen LogP contribution in [0.3, 0.4) is 0 Å². The number of hydrogen-bond donors (Lipinski definition) is 2. The van der Waals surface area contributed by atoms with E-state index in [9.17, 15) is 13.2 Å². The summed E-state index contributed by atoms with van der Waals surface area (Å²) in [5, 5.41) is 11.8. The molecule has 104 valence electrons. The Morgan fingerprint density at radius 3 is 2.70 bits per heavy atom. The number of anilines is 1. The lowest BCUT2D eigenvalue weighted by Crippen LogP contribution is -2.07. The second-order valence-electron chi connectivity index (χ2n) is 4.22. The fraction of sp³-hybridized carbons (Fsp3) is 0.231. The van der Waals surface area contributed by atoms with Gasteiger partial charge in [0.2, 0.25) is 0 Å². The van der Waals surface area contributed by atoms with Gasteiger partial charge in [0.15, 0.2) is 0 Å². The Kier molecular flexibility index (Phi) is 3.66. The molecule has 7 heteroatoms. The first kappa shape index (κ1) is 13.9. The average molecular weight is 280 g/mol. The molecule has 0 saturated heterocycles. The molecule has 4 nitrogen and oxygen atoms in total. The van der Waals surface area contributed by atoms with E-state index in [1.165, 1.54) is 6.07 Å². The number of rotatable bonds is 3. The fourth-order valence-electron chi connectivity index (χ4n) is 1.72. The molecule has 0 fully saturated rings. The van der Waals surface area contributed by atoms with Gasteiger partial charge >= 0.3 is 6.18 Å². The minimum Gasteiger partial charge on any atom is -0.378 e. The fourth-order valence-corrected chi connectivity index (χ4v) is 1.72. The van der Waals surface area contributed by atoms with Crippen LogP contribution in [-0.4, -0.2) is 9.97 Å². The van der Waals surface area contributed by atoms with E-state index in [4.69, 9.17) is 5.26 Å². The van der Waals surface area contributed by atoms with Gasteiger partial charge in [0.05, 0.1) is 35.2 Å². The van der Waals surface area contributed by atoms with Crippen molar-refractivity contribution in [2.24, 2.45) is 0 Å². The lowest BCUT2D eigenvalue weighted by molar-refractivity contribution is -0.137. The number of alkyl halides is 3. The van der Waals surface area contributed by atoms with E-state index in [-0.39, 0.29) is 5.56 Å². The van der Waals surface area contributed by atoms with Gasteiger partial charge in [-0.1, -0.05) is 0 Å². The zero-order valence-electron chi connectivity index (χ0n) is 10.5. The van der Waals surface area contributed by atoms with Crippen LogP contribution in [0.25, 0.3) is 0 Å². The molecule has 0 saturated carbocycles. The molecule has 1 aromatic heterocycles. The van der Waals surface area contributed by atoms with Crippen LogP contribution in [0, 0.1) is 18.3 Å². The Morgan fingerprint density at radius 1 is 1.40 bits per heavy atom. The zero-order chi connectivity index (χ0) is 14.8. The predicted octanol–water partition coefficient (Wildman–Crippen LogP) is 3.22. The third-order valence-corrected chi connectivity index (χ3v) is 2.69. The highest BCUT2D eigenvalue weighted by atomic mass is 19.4. The van der Waals surface area contributed by atoms with Crippen LogP contribution >= 0.6 is 0 Å². The number of halogens is 3. The molecule has 0 amide bonds. The molecule has 0 radical (unpaired) electrons. The van der Waals surface area contributed by atoms with Crippen molar-refractivity contribution in [2.45, 2.75) is 19.6 Å². The molecular formula is C13H11F3N4. The summed E-state index contributed by atoms with van der Waals surface area (Å²) in [4.78, 5) is 6.99. The molecule has 1 aromatic carbocycles. The Balaban J connectivity index is 2.18. The summed E-state index contributed by atoms with van der Waals surface area (Å²) in [7, 11) is 0. The van der Waals surface area contributed by atoms with Gasteiger partial charge in [-0.15, -0.1) is 0 Å². The normalized spacial score (nSPS) is 11.2. The average Bonchev–Trinajstić information content (AvgIpc) is 2.81. The molecule has 20 heavy (non-hydrogen) atoms. The maximum atomic E-state index is 12.5. The van der Waals surface area contributed by atoms with Gasteiger partial charge in [0, 0.05) is 0 Å². The summed E-state index contributed by atoms with van der Waals surface area (Å²) in [6.45, 7) is 2.14. The van der Waals surface area contributed by atoms with Gasteiger partial charge in [-0.05, 0) is 25.1 Å². The van der Waals surface area contributed by atoms with Crippen molar-refractivity contribution in [1.29, 1.82) is 5.26 Å². The molecule has 0 spiro atoms. The second-order valence-corrected chi connectivity index (χ2v) is 4.22. The third-order valence-electron chi connectivity index (χ3n) is 2.69. The molecule has 2 rings (SSSR count). The van der Waals surface area contributed by atoms with Gasteiger partial charge in [-0.2, -0.15) is 18.4 Å². The summed E-state index contributed by atoms with van der Waals surface area (Å²) in [5.41, 5.74) is 0.257. The summed E-state index contributed by atoms with van der Waals surface area (Å²) < 4.78 is 37.6. The smallest absolute Gasteiger partial charge is 0.378 e. The first-order valence-corrected chi connectivity index (χ1v) is 5.76. The van der Waals surface area contributed by atoms with Gasteiger partial charge in [-0.25, -0.2) is 4.98 Å². The number of aromatic amines is 1. The molecule has 2 N–H and O–H groups in total. The molecule has 2 aromatic rings. The van der Waals surface area contributed by atoms with E-state index >= 15 is 0 Å². The number of aryl methyl sites for hydroxylation is 1. The Morgan fingerprint density at radius 2 is 2.15 bits per heavy atom. The van der Waals surface area contributed by atoms with E-state index in [0.717, 1.165) is 23.7 Å². The van der Waals surface area contributed by atoms with Crippen LogP contribution in [0.4, 0.5) is 18.9 Å². The van der Waals surface area contributed by atoms with Crippen LogP contribution in [0.5, 0.6) is 0 Å². The first-order valence-electron chi connectivity index (χ1n) is 5.76. The van der Waals surface area contributed by atoms with E-state index in [1.54, 1.807) is 19.2 Å². The predicted molar refractivity (Wildman–Crippen MR) is 66.8 cm³/mol. The van der Waals surface area contributed by atoms with Crippen molar-refractivity contribution in [3.63, 3.8) is 0 Å². The first-order chi connectivity index (χ1) is 9.40. The van der Waals surface area contributed by atoms with E-state index in [2.05, 4.69) is 15.3 Å². The number of nitriles is 1. The highest BCUT2D eigenvalue weighted by Crippen LogP contribution is 2.31. The number of aromatic nitrogens is 2. The summed E-state index contributed by atoms with van der Waals surface area (Å²) in [6.07, 6.45) is -2.83. The van der Waals surface area contributed by atoms with Crippen molar-refractivity contribution in [3.05, 3.63) is 47.0 Å². The Labute approximate surface area is 113 Å². The lowest BCUT2D eigenvalue weighted by Gasteiger charge is -2.11. The molecule has 0 aliphatic heterocycles. The van der Waals surface area contributed by atoms with Gasteiger partial charge < -0.3 is 10.3 Å². The number of benzene rings is 1. The van der Waals surface area contributed by atoms with Gasteiger partial charge in [-0.3, -0.25) is 0 Å². The third kappa shape index (κ3) is 3.09. The van der Waals surface area contributed by atoms with Gasteiger partial charge in [0.1, 0.15) is 11.9 Å². The van der Waals surface area contributed by atoms with Crippen LogP contribution < -0.4 is 5.32 Å². The van der Waals surface area contributed by atoms with E-state index < -0.39 is 11.7 Å². The number of imidazole rings is 1. The lowest BCUT2D eigenvalue weighted by atomic mass is 10.1. The van der Waals surface area contributed by atoms with Crippen molar-refractivity contribution in [3.8, 4) is 6.07 Å².